The van der Waals surface area contributed by atoms with E-state index in [1.165, 1.54) is 37.2 Å². The van der Waals surface area contributed by atoms with Gasteiger partial charge in [-0.05, 0) is 72.0 Å². The van der Waals surface area contributed by atoms with E-state index in [0.717, 1.165) is 21.7 Å². The molecule has 0 unspecified atom stereocenters. The van der Waals surface area contributed by atoms with Crippen LogP contribution in [0.15, 0.2) is 42.5 Å². The molecule has 0 N–H and O–H groups in total. The van der Waals surface area contributed by atoms with Crippen molar-refractivity contribution in [3.8, 4) is 0 Å². The highest BCUT2D eigenvalue weighted by molar-refractivity contribution is 6.31. The van der Waals surface area contributed by atoms with Gasteiger partial charge in [0.25, 0.3) is 5.82 Å². The Kier molecular flexibility index (Phi) is 9.21. The number of alkyl halides is 6. The fourth-order valence-corrected chi connectivity index (χ4v) is 6.50. The number of likely N-dealkylation sites (tertiary alicyclic amines) is 1. The summed E-state index contributed by atoms with van der Waals surface area (Å²) in [4.78, 5) is 31.3. The van der Waals surface area contributed by atoms with E-state index in [4.69, 9.17) is 11.6 Å². The van der Waals surface area contributed by atoms with Crippen molar-refractivity contribution in [2.45, 2.75) is 56.0 Å². The monoisotopic (exact) mass is 675 g/mol. The van der Waals surface area contributed by atoms with Gasteiger partial charge in [0.1, 0.15) is 5.82 Å². The first-order chi connectivity index (χ1) is 21.5. The third-order valence-electron chi connectivity index (χ3n) is 8.72. The van der Waals surface area contributed by atoms with Gasteiger partial charge in [0, 0.05) is 49.7 Å². The van der Waals surface area contributed by atoms with Crippen LogP contribution in [0.5, 0.6) is 0 Å². The quantitative estimate of drug-likeness (QED) is 0.292. The second-order valence-corrected chi connectivity index (χ2v) is 12.0. The SMILES string of the molecule is CN(C(=O)N(C)[C@@H]1CN(C(=O)[C@H]2CC[C@H](n3nnnc3C(F)(F)F)CC2)C[C@H]1c1ccc(F)cc1)c1cc(Cl)cc(C(F)(F)F)c1. The first kappa shape index (κ1) is 33.4. The molecular formula is C29H29ClF7N7O2. The second kappa shape index (κ2) is 12.7. The summed E-state index contributed by atoms with van der Waals surface area (Å²) in [7, 11) is 2.78. The number of carbonyl (C=O) groups excluding carboxylic acids is 2. The molecule has 2 heterocycles. The van der Waals surface area contributed by atoms with Crippen LogP contribution in [0.25, 0.3) is 0 Å². The van der Waals surface area contributed by atoms with Crippen LogP contribution in [0.4, 0.5) is 41.2 Å². The van der Waals surface area contributed by atoms with Gasteiger partial charge in [0.15, 0.2) is 0 Å². The van der Waals surface area contributed by atoms with Gasteiger partial charge < -0.3 is 9.80 Å². The lowest BCUT2D eigenvalue weighted by molar-refractivity contribution is -0.149. The maximum absolute atomic E-state index is 13.8. The minimum absolute atomic E-state index is 0.0749. The first-order valence-corrected chi connectivity index (χ1v) is 14.7. The molecule has 17 heteroatoms. The molecule has 0 spiro atoms. The summed E-state index contributed by atoms with van der Waals surface area (Å²) in [5, 5.41) is 9.57. The number of aromatic nitrogens is 4. The Morgan fingerprint density at radius 2 is 1.57 bits per heavy atom. The lowest BCUT2D eigenvalue weighted by Gasteiger charge is -2.33. The zero-order valence-electron chi connectivity index (χ0n) is 24.6. The van der Waals surface area contributed by atoms with Crippen molar-refractivity contribution < 1.29 is 40.3 Å². The van der Waals surface area contributed by atoms with Gasteiger partial charge in [-0.3, -0.25) is 9.69 Å². The minimum atomic E-state index is -4.72. The van der Waals surface area contributed by atoms with Crippen LogP contribution in [0.1, 0.15) is 54.6 Å². The number of carbonyl (C=O) groups is 2. The number of hydrogen-bond donors (Lipinski definition) is 0. The highest BCUT2D eigenvalue weighted by atomic mass is 35.5. The van der Waals surface area contributed by atoms with Crippen LogP contribution in [0.3, 0.4) is 0 Å². The predicted octanol–water partition coefficient (Wildman–Crippen LogP) is 6.42. The Labute approximate surface area is 263 Å². The van der Waals surface area contributed by atoms with E-state index in [2.05, 4.69) is 15.5 Å². The number of urea groups is 1. The van der Waals surface area contributed by atoms with Gasteiger partial charge in [-0.1, -0.05) is 23.7 Å². The molecule has 1 aliphatic heterocycles. The molecule has 3 amide bonds. The molecule has 1 aromatic heterocycles. The number of benzene rings is 2. The van der Waals surface area contributed by atoms with Crippen molar-refractivity contribution in [1.82, 2.24) is 30.0 Å². The van der Waals surface area contributed by atoms with Crippen LogP contribution in [-0.2, 0) is 17.1 Å². The first-order valence-electron chi connectivity index (χ1n) is 14.3. The molecule has 2 atom stereocenters. The average Bonchev–Trinajstić information content (AvgIpc) is 3.68. The van der Waals surface area contributed by atoms with Gasteiger partial charge in [-0.15, -0.1) is 5.10 Å². The number of likely N-dealkylation sites (N-methyl/N-ethyl adjacent to an activating group) is 1. The van der Waals surface area contributed by atoms with Crippen molar-refractivity contribution in [3.63, 3.8) is 0 Å². The Bertz CT molecular complexity index is 1570. The lowest BCUT2D eigenvalue weighted by Crippen LogP contribution is -2.48. The van der Waals surface area contributed by atoms with E-state index in [0.29, 0.717) is 5.56 Å². The van der Waals surface area contributed by atoms with E-state index >= 15 is 0 Å². The van der Waals surface area contributed by atoms with Crippen LogP contribution in [-0.4, -0.2) is 75.2 Å². The normalized spacial score (nSPS) is 22.2. The van der Waals surface area contributed by atoms with Gasteiger partial charge in [-0.25, -0.2) is 13.9 Å². The molecule has 1 saturated carbocycles. The third kappa shape index (κ3) is 6.90. The molecule has 5 rings (SSSR count). The van der Waals surface area contributed by atoms with Crippen molar-refractivity contribution in [3.05, 3.63) is 70.3 Å². The second-order valence-electron chi connectivity index (χ2n) is 11.6. The molecule has 3 aromatic rings. The van der Waals surface area contributed by atoms with Gasteiger partial charge in [0.2, 0.25) is 5.91 Å². The molecule has 1 saturated heterocycles. The van der Waals surface area contributed by atoms with E-state index in [-0.39, 0.29) is 55.4 Å². The average molecular weight is 676 g/mol. The Hall–Kier alpha value is -3.95. The number of halogens is 8. The molecule has 0 bridgehead atoms. The standard InChI is InChI=1S/C29H29ClF7N7O2/c1-41(22-12-18(28(32,33)34)11-19(30)13-22)27(46)42(2)24-15-43(14-23(24)16-3-7-20(31)8-4-16)25(45)17-5-9-21(10-6-17)44-26(29(35,36)37)38-39-40-44/h3-4,7-8,11-13,17,21,23-24H,5-6,9-10,14-15H2,1-2H3/t17-,21-,23-,24+/m0/s1. The van der Waals surface area contributed by atoms with E-state index in [9.17, 15) is 40.3 Å². The lowest BCUT2D eigenvalue weighted by atomic mass is 9.85. The van der Waals surface area contributed by atoms with Crippen molar-refractivity contribution >= 4 is 29.2 Å². The molecule has 2 fully saturated rings. The predicted molar refractivity (Wildman–Crippen MR) is 151 cm³/mol. The summed E-state index contributed by atoms with van der Waals surface area (Å²) in [5.74, 6) is -2.88. The summed E-state index contributed by atoms with van der Waals surface area (Å²) >= 11 is 5.93. The van der Waals surface area contributed by atoms with Crippen LogP contribution < -0.4 is 4.90 Å². The number of rotatable bonds is 5. The molecule has 0 radical (unpaired) electrons. The summed E-state index contributed by atoms with van der Waals surface area (Å²) < 4.78 is 94.7. The van der Waals surface area contributed by atoms with Crippen LogP contribution in [0, 0.1) is 11.7 Å². The van der Waals surface area contributed by atoms with E-state index < -0.39 is 59.5 Å². The number of anilines is 1. The fraction of sp³-hybridized carbons (Fsp3) is 0.483. The smallest absolute Gasteiger partial charge is 0.340 e. The fourth-order valence-electron chi connectivity index (χ4n) is 6.27. The molecule has 9 nitrogen and oxygen atoms in total. The molecular weight excluding hydrogens is 647 g/mol. The number of hydrogen-bond acceptors (Lipinski definition) is 5. The number of tetrazole rings is 1. The zero-order chi connectivity index (χ0) is 33.6. The zero-order valence-corrected chi connectivity index (χ0v) is 25.3. The Balaban J connectivity index is 1.33. The number of nitrogens with zero attached hydrogens (tertiary/aromatic N) is 7. The molecule has 2 aliphatic rings. The highest BCUT2D eigenvalue weighted by Crippen LogP contribution is 2.39. The van der Waals surface area contributed by atoms with Crippen molar-refractivity contribution in [1.29, 1.82) is 0 Å². The third-order valence-corrected chi connectivity index (χ3v) is 8.94. The summed E-state index contributed by atoms with van der Waals surface area (Å²) in [6, 6.07) is 6.46. The largest absolute Gasteiger partial charge is 0.453 e. The van der Waals surface area contributed by atoms with Gasteiger partial charge >= 0.3 is 18.4 Å². The molecule has 2 aromatic carbocycles. The summed E-state index contributed by atoms with van der Waals surface area (Å²) in [6.07, 6.45) is -8.35. The van der Waals surface area contributed by atoms with Gasteiger partial charge in [0.05, 0.1) is 17.6 Å². The van der Waals surface area contributed by atoms with E-state index in [1.807, 2.05) is 0 Å². The van der Waals surface area contributed by atoms with Crippen molar-refractivity contribution in [2.75, 3.05) is 32.1 Å². The Morgan fingerprint density at radius 3 is 2.17 bits per heavy atom. The maximum atomic E-state index is 13.8. The maximum Gasteiger partial charge on any atom is 0.453 e. The van der Waals surface area contributed by atoms with Crippen molar-refractivity contribution in [2.24, 2.45) is 5.92 Å². The Morgan fingerprint density at radius 1 is 0.913 bits per heavy atom. The molecule has 248 valence electrons. The number of amides is 3. The molecule has 46 heavy (non-hydrogen) atoms. The topological polar surface area (TPSA) is 87.5 Å². The van der Waals surface area contributed by atoms with E-state index in [1.54, 1.807) is 17.0 Å². The van der Waals surface area contributed by atoms with Gasteiger partial charge in [-0.2, -0.15) is 26.3 Å². The molecule has 1 aliphatic carbocycles. The van der Waals surface area contributed by atoms with Crippen LogP contribution in [0.2, 0.25) is 5.02 Å². The van der Waals surface area contributed by atoms with Crippen LogP contribution >= 0.6 is 11.6 Å². The summed E-state index contributed by atoms with van der Waals surface area (Å²) in [6.45, 7) is 0.239. The highest BCUT2D eigenvalue weighted by Gasteiger charge is 2.44. The summed E-state index contributed by atoms with van der Waals surface area (Å²) in [5.41, 5.74) is -0.467. The minimum Gasteiger partial charge on any atom is -0.340 e.